The van der Waals surface area contributed by atoms with E-state index in [1.165, 1.54) is 0 Å². The van der Waals surface area contributed by atoms with Gasteiger partial charge in [0.15, 0.2) is 0 Å². The van der Waals surface area contributed by atoms with E-state index in [0.29, 0.717) is 52.7 Å². The molecule has 0 aliphatic heterocycles. The number of rotatable bonds is 7. The van der Waals surface area contributed by atoms with Gasteiger partial charge >= 0.3 is 0 Å². The Morgan fingerprint density at radius 3 is 1.14 bits per heavy atom. The molecule has 0 fully saturated rings. The highest BCUT2D eigenvalue weighted by atomic mass is 16.5. The Balaban J connectivity index is 0.957. The number of hydrogen-bond acceptors (Lipinski definition) is 6. The number of pyridine rings is 2. The van der Waals surface area contributed by atoms with Crippen LogP contribution < -0.4 is 9.47 Å². The molecule has 9 nitrogen and oxygen atoms in total. The van der Waals surface area contributed by atoms with E-state index < -0.39 is 0 Å². The fraction of sp³-hybridized carbons (Fsp3) is 0. The van der Waals surface area contributed by atoms with Crippen LogP contribution in [0.5, 0.6) is 23.0 Å². The second-order valence-electron chi connectivity index (χ2n) is 14.2. The third-order valence-electron chi connectivity index (χ3n) is 10.8. The van der Waals surface area contributed by atoms with E-state index in [9.17, 15) is 0 Å². The normalized spacial score (nSPS) is 12.2. The summed E-state index contributed by atoms with van der Waals surface area (Å²) in [6, 6.07) is 50.0. The Morgan fingerprint density at radius 1 is 0.339 bits per heavy atom. The summed E-state index contributed by atoms with van der Waals surface area (Å²) in [6.07, 6.45) is 6.90. The summed E-state index contributed by atoms with van der Waals surface area (Å²) in [4.78, 5) is 18.5. The summed E-state index contributed by atoms with van der Waals surface area (Å²) in [5.74, 6) is 4.18. The molecule has 0 atom stereocenters. The first-order chi connectivity index (χ1) is 30.1. The quantitative estimate of drug-likeness (QED) is 0.161. The minimum Gasteiger partial charge on any atom is -0.457 e. The van der Waals surface area contributed by atoms with Crippen LogP contribution in [0.4, 0.5) is 0 Å². The lowest BCUT2D eigenvalue weighted by molar-refractivity contribution is 0.484. The standard InChI is InChI=1S/C50H31N7O2/c1-3-12-42-36(10-1)38-20-16-32(28-44(38)55(42)48-14-5-7-24-51-48)58-34-18-22-40-41-23-19-35(31-47(41)57(46(40)30-34)50-53-26-9-27-54-50)59-33-17-21-39-37-11-2-4-13-43(37)56(45(39)29-33)49-15-6-8-25-52-49/h1-31H/i14D,15D. The number of para-hydroxylation sites is 2. The first kappa shape index (κ1) is 30.9. The van der Waals surface area contributed by atoms with Gasteiger partial charge in [-0.2, -0.15) is 0 Å². The molecule has 12 rings (SSSR count). The SMILES string of the molecule is [2H]c1cccnc1-n1c2ccccc2c2ccc(Oc3ccc4c5ccc(Oc6ccc7c8ccccc8n(-c8ncccc8[2H])c7c6)cc5n(-c5ncccn5)c4c3)cc21. The van der Waals surface area contributed by atoms with E-state index in [1.807, 2.05) is 86.5 Å². The molecule has 9 heteroatoms. The molecule has 0 radical (unpaired) electrons. The van der Waals surface area contributed by atoms with E-state index in [1.54, 1.807) is 55.1 Å². The van der Waals surface area contributed by atoms with Gasteiger partial charge in [-0.25, -0.2) is 19.9 Å². The van der Waals surface area contributed by atoms with Gasteiger partial charge < -0.3 is 9.47 Å². The Morgan fingerprint density at radius 2 is 0.712 bits per heavy atom. The summed E-state index contributed by atoms with van der Waals surface area (Å²) in [5.41, 5.74) is 5.45. The maximum Gasteiger partial charge on any atom is 0.234 e. The average Bonchev–Trinajstić information content (AvgIpc) is 3.91. The number of fused-ring (bicyclic) bond motifs is 9. The minimum atomic E-state index is 0.334. The highest BCUT2D eigenvalue weighted by Gasteiger charge is 2.19. The molecular formula is C50H31N7O2. The van der Waals surface area contributed by atoms with Gasteiger partial charge in [-0.3, -0.25) is 13.7 Å². The Bertz CT molecular complexity index is 3490. The number of benzene rings is 6. The van der Waals surface area contributed by atoms with Crippen molar-refractivity contribution in [3.63, 3.8) is 0 Å². The highest BCUT2D eigenvalue weighted by molar-refractivity contribution is 6.11. The first-order valence-electron chi connectivity index (χ1n) is 20.2. The predicted molar refractivity (Wildman–Crippen MR) is 234 cm³/mol. The molecule has 0 N–H and O–H groups in total. The van der Waals surface area contributed by atoms with Crippen molar-refractivity contribution in [2.24, 2.45) is 0 Å². The van der Waals surface area contributed by atoms with Gasteiger partial charge in [-0.05, 0) is 90.9 Å². The van der Waals surface area contributed by atoms with Gasteiger partial charge in [-0.1, -0.05) is 48.5 Å². The molecule has 0 spiro atoms. The van der Waals surface area contributed by atoms with Crippen LogP contribution in [0.2, 0.25) is 0 Å². The smallest absolute Gasteiger partial charge is 0.234 e. The minimum absolute atomic E-state index is 0.334. The lowest BCUT2D eigenvalue weighted by Gasteiger charge is -2.10. The Kier molecular flexibility index (Phi) is 6.88. The van der Waals surface area contributed by atoms with Crippen LogP contribution in [0.15, 0.2) is 189 Å². The molecule has 0 bridgehead atoms. The maximum absolute atomic E-state index is 8.66. The lowest BCUT2D eigenvalue weighted by atomic mass is 10.1. The topological polar surface area (TPSA) is 84.8 Å². The summed E-state index contributed by atoms with van der Waals surface area (Å²) < 4.78 is 36.7. The molecule has 0 aliphatic rings. The van der Waals surface area contributed by atoms with Crippen molar-refractivity contribution in [1.29, 1.82) is 0 Å². The van der Waals surface area contributed by atoms with E-state index in [4.69, 9.17) is 12.2 Å². The molecule has 6 heterocycles. The molecule has 0 saturated heterocycles. The fourth-order valence-electron chi connectivity index (χ4n) is 8.36. The fourth-order valence-corrected chi connectivity index (χ4v) is 8.36. The van der Waals surface area contributed by atoms with Crippen molar-refractivity contribution >= 4 is 65.4 Å². The number of hydrogen-bond donors (Lipinski definition) is 0. The van der Waals surface area contributed by atoms with E-state index >= 15 is 0 Å². The van der Waals surface area contributed by atoms with Crippen LogP contribution in [0, 0.1) is 0 Å². The van der Waals surface area contributed by atoms with Crippen molar-refractivity contribution in [3.8, 4) is 40.6 Å². The molecule has 0 amide bonds. The molecule has 59 heavy (non-hydrogen) atoms. The summed E-state index contributed by atoms with van der Waals surface area (Å²) in [7, 11) is 0. The van der Waals surface area contributed by atoms with E-state index in [-0.39, 0.29) is 0 Å². The second-order valence-corrected chi connectivity index (χ2v) is 14.2. The first-order valence-corrected chi connectivity index (χ1v) is 19.2. The third-order valence-corrected chi connectivity index (χ3v) is 10.8. The summed E-state index contributed by atoms with van der Waals surface area (Å²) in [5, 5.41) is 6.23. The monoisotopic (exact) mass is 763 g/mol. The van der Waals surface area contributed by atoms with Crippen LogP contribution in [0.3, 0.4) is 0 Å². The van der Waals surface area contributed by atoms with Gasteiger partial charge in [0, 0.05) is 81.4 Å². The summed E-state index contributed by atoms with van der Waals surface area (Å²) in [6.45, 7) is 0. The summed E-state index contributed by atoms with van der Waals surface area (Å²) >= 11 is 0. The van der Waals surface area contributed by atoms with Crippen LogP contribution in [0.1, 0.15) is 2.74 Å². The molecular weight excluding hydrogens is 731 g/mol. The molecule has 0 aliphatic carbocycles. The van der Waals surface area contributed by atoms with Gasteiger partial charge in [0.25, 0.3) is 0 Å². The van der Waals surface area contributed by atoms with Crippen LogP contribution in [-0.4, -0.2) is 33.6 Å². The van der Waals surface area contributed by atoms with Gasteiger partial charge in [0.2, 0.25) is 5.95 Å². The Labute approximate surface area is 339 Å². The molecule has 6 aromatic heterocycles. The van der Waals surface area contributed by atoms with Gasteiger partial charge in [0.05, 0.1) is 35.8 Å². The zero-order valence-electron chi connectivity index (χ0n) is 33.2. The average molecular weight is 764 g/mol. The third kappa shape index (κ3) is 5.33. The lowest BCUT2D eigenvalue weighted by Crippen LogP contribution is -2.00. The number of nitrogens with zero attached hydrogens (tertiary/aromatic N) is 7. The molecule has 278 valence electrons. The van der Waals surface area contributed by atoms with Crippen molar-refractivity contribution in [2.75, 3.05) is 0 Å². The van der Waals surface area contributed by atoms with Gasteiger partial charge in [-0.15, -0.1) is 0 Å². The zero-order chi connectivity index (χ0) is 40.6. The molecule has 0 saturated carbocycles. The molecule has 12 aromatic rings. The number of ether oxygens (including phenoxy) is 2. The predicted octanol–water partition coefficient (Wildman–Crippen LogP) is 12.1. The van der Waals surface area contributed by atoms with Crippen molar-refractivity contribution in [2.45, 2.75) is 0 Å². The van der Waals surface area contributed by atoms with Crippen molar-refractivity contribution in [3.05, 3.63) is 189 Å². The van der Waals surface area contributed by atoms with E-state index in [0.717, 1.165) is 65.4 Å². The van der Waals surface area contributed by atoms with Crippen LogP contribution in [0.25, 0.3) is 83.0 Å². The van der Waals surface area contributed by atoms with Crippen LogP contribution in [-0.2, 0) is 0 Å². The molecule has 0 unspecified atom stereocenters. The second kappa shape index (κ2) is 13.1. The van der Waals surface area contributed by atoms with Crippen LogP contribution >= 0.6 is 0 Å². The van der Waals surface area contributed by atoms with Gasteiger partial charge in [0.1, 0.15) is 34.6 Å². The zero-order valence-corrected chi connectivity index (χ0v) is 31.2. The molecule has 6 aromatic carbocycles. The van der Waals surface area contributed by atoms with E-state index in [2.05, 4.69) is 68.5 Å². The number of aromatic nitrogens is 7. The highest BCUT2D eigenvalue weighted by Crippen LogP contribution is 2.40. The Hall–Kier alpha value is -8.30. The maximum atomic E-state index is 8.66. The largest absolute Gasteiger partial charge is 0.457 e. The van der Waals surface area contributed by atoms with Crippen molar-refractivity contribution in [1.82, 2.24) is 33.6 Å². The van der Waals surface area contributed by atoms with Crippen molar-refractivity contribution < 1.29 is 12.2 Å².